The van der Waals surface area contributed by atoms with Gasteiger partial charge in [-0.2, -0.15) is 5.10 Å². The SMILES string of the molecule is Cc1c(OC2CCCC(Nc3ccccc3)C2)ccc2c1cnn2C1CCCCO1. The van der Waals surface area contributed by atoms with Crippen molar-refractivity contribution in [1.29, 1.82) is 0 Å². The smallest absolute Gasteiger partial charge is 0.150 e. The van der Waals surface area contributed by atoms with Crippen LogP contribution in [0.1, 0.15) is 56.7 Å². The summed E-state index contributed by atoms with van der Waals surface area (Å²) in [6, 6.07) is 15.2. The molecule has 3 aromatic rings. The van der Waals surface area contributed by atoms with Crippen molar-refractivity contribution in [3.05, 3.63) is 54.2 Å². The van der Waals surface area contributed by atoms with E-state index in [9.17, 15) is 0 Å². The van der Waals surface area contributed by atoms with Crippen LogP contribution in [0, 0.1) is 6.92 Å². The normalized spacial score (nSPS) is 24.6. The molecule has 2 heterocycles. The summed E-state index contributed by atoms with van der Waals surface area (Å²) in [7, 11) is 0. The molecule has 1 aliphatic heterocycles. The Hall–Kier alpha value is -2.53. The maximum Gasteiger partial charge on any atom is 0.150 e. The molecule has 5 rings (SSSR count). The molecule has 1 aliphatic carbocycles. The molecule has 158 valence electrons. The Bertz CT molecular complexity index is 979. The van der Waals surface area contributed by atoms with Crippen LogP contribution in [0.3, 0.4) is 0 Å². The van der Waals surface area contributed by atoms with Crippen molar-refractivity contribution in [2.24, 2.45) is 0 Å². The number of para-hydroxylation sites is 1. The molecule has 0 amide bonds. The number of benzene rings is 2. The zero-order valence-corrected chi connectivity index (χ0v) is 17.7. The van der Waals surface area contributed by atoms with Gasteiger partial charge in [0, 0.05) is 35.7 Å². The van der Waals surface area contributed by atoms with Gasteiger partial charge < -0.3 is 14.8 Å². The van der Waals surface area contributed by atoms with Crippen LogP contribution < -0.4 is 10.1 Å². The average Bonchev–Trinajstić information content (AvgIpc) is 3.22. The molecular formula is C25H31N3O2. The Kier molecular flexibility index (Phi) is 5.63. The van der Waals surface area contributed by atoms with Crippen molar-refractivity contribution in [3.63, 3.8) is 0 Å². The van der Waals surface area contributed by atoms with Crippen LogP contribution in [-0.2, 0) is 4.74 Å². The Morgan fingerprint density at radius 2 is 1.93 bits per heavy atom. The Morgan fingerprint density at radius 3 is 2.77 bits per heavy atom. The van der Waals surface area contributed by atoms with Gasteiger partial charge in [-0.05, 0) is 69.7 Å². The molecule has 5 heteroatoms. The van der Waals surface area contributed by atoms with Crippen molar-refractivity contribution in [2.45, 2.75) is 70.2 Å². The minimum atomic E-state index is 0.0607. The third kappa shape index (κ3) is 4.04. The summed E-state index contributed by atoms with van der Waals surface area (Å²) in [6.45, 7) is 2.97. The summed E-state index contributed by atoms with van der Waals surface area (Å²) in [5.41, 5.74) is 3.50. The predicted octanol–water partition coefficient (Wildman–Crippen LogP) is 5.85. The number of hydrogen-bond acceptors (Lipinski definition) is 4. The van der Waals surface area contributed by atoms with Crippen LogP contribution in [0.5, 0.6) is 5.75 Å². The van der Waals surface area contributed by atoms with E-state index in [2.05, 4.69) is 59.8 Å². The topological polar surface area (TPSA) is 48.3 Å². The highest BCUT2D eigenvalue weighted by Crippen LogP contribution is 2.33. The third-order valence-corrected chi connectivity index (χ3v) is 6.49. The van der Waals surface area contributed by atoms with E-state index in [1.807, 2.05) is 10.9 Å². The van der Waals surface area contributed by atoms with E-state index in [1.165, 1.54) is 30.5 Å². The van der Waals surface area contributed by atoms with Gasteiger partial charge in [0.1, 0.15) is 11.9 Å². The lowest BCUT2D eigenvalue weighted by molar-refractivity contribution is -0.0366. The Labute approximate surface area is 178 Å². The maximum absolute atomic E-state index is 6.51. The molecule has 5 nitrogen and oxygen atoms in total. The van der Waals surface area contributed by atoms with Crippen molar-refractivity contribution in [1.82, 2.24) is 9.78 Å². The van der Waals surface area contributed by atoms with Gasteiger partial charge in [0.05, 0.1) is 11.7 Å². The highest BCUT2D eigenvalue weighted by molar-refractivity contribution is 5.84. The molecule has 2 aromatic carbocycles. The number of anilines is 1. The lowest BCUT2D eigenvalue weighted by Gasteiger charge is -2.31. The summed E-state index contributed by atoms with van der Waals surface area (Å²) in [4.78, 5) is 0. The molecule has 0 spiro atoms. The number of fused-ring (bicyclic) bond motifs is 1. The van der Waals surface area contributed by atoms with Crippen LogP contribution in [0.25, 0.3) is 10.9 Å². The highest BCUT2D eigenvalue weighted by Gasteiger charge is 2.25. The van der Waals surface area contributed by atoms with Gasteiger partial charge in [-0.15, -0.1) is 0 Å². The second-order valence-electron chi connectivity index (χ2n) is 8.65. The van der Waals surface area contributed by atoms with Gasteiger partial charge in [0.15, 0.2) is 6.23 Å². The van der Waals surface area contributed by atoms with Gasteiger partial charge in [-0.3, -0.25) is 0 Å². The predicted molar refractivity (Wildman–Crippen MR) is 120 cm³/mol. The summed E-state index contributed by atoms with van der Waals surface area (Å²) in [6.07, 6.45) is 10.2. The molecule has 1 saturated carbocycles. The summed E-state index contributed by atoms with van der Waals surface area (Å²) >= 11 is 0. The standard InChI is InChI=1S/C25H31N3O2/c1-18-22-17-26-28(25-12-5-6-15-29-25)23(22)13-14-24(18)30-21-11-7-10-20(16-21)27-19-8-3-2-4-9-19/h2-4,8-9,13-14,17,20-21,25,27H,5-7,10-12,15-16H2,1H3. The number of ether oxygens (including phenoxy) is 2. The van der Waals surface area contributed by atoms with Crippen molar-refractivity contribution in [3.8, 4) is 5.75 Å². The van der Waals surface area contributed by atoms with E-state index >= 15 is 0 Å². The van der Waals surface area contributed by atoms with Crippen molar-refractivity contribution >= 4 is 16.6 Å². The first kappa shape index (κ1) is 19.4. The van der Waals surface area contributed by atoms with Gasteiger partial charge in [-0.1, -0.05) is 18.2 Å². The fourth-order valence-corrected chi connectivity index (χ4v) is 4.85. The van der Waals surface area contributed by atoms with Gasteiger partial charge >= 0.3 is 0 Å². The zero-order valence-electron chi connectivity index (χ0n) is 17.7. The summed E-state index contributed by atoms with van der Waals surface area (Å²) in [5.74, 6) is 0.983. The van der Waals surface area contributed by atoms with Gasteiger partial charge in [0.25, 0.3) is 0 Å². The first-order valence-corrected chi connectivity index (χ1v) is 11.3. The molecule has 1 saturated heterocycles. The van der Waals surface area contributed by atoms with E-state index in [-0.39, 0.29) is 12.3 Å². The second-order valence-corrected chi connectivity index (χ2v) is 8.65. The van der Waals surface area contributed by atoms with Gasteiger partial charge in [0.2, 0.25) is 0 Å². The van der Waals surface area contributed by atoms with E-state index in [0.29, 0.717) is 6.04 Å². The molecular weight excluding hydrogens is 374 g/mol. The Balaban J connectivity index is 1.29. The van der Waals surface area contributed by atoms with Crippen LogP contribution in [0.4, 0.5) is 5.69 Å². The Morgan fingerprint density at radius 1 is 1.03 bits per heavy atom. The third-order valence-electron chi connectivity index (χ3n) is 6.49. The molecule has 3 unspecified atom stereocenters. The lowest BCUT2D eigenvalue weighted by Crippen LogP contribution is -2.33. The van der Waals surface area contributed by atoms with E-state index < -0.39 is 0 Å². The van der Waals surface area contributed by atoms with Crippen LogP contribution in [0.15, 0.2) is 48.7 Å². The van der Waals surface area contributed by atoms with Gasteiger partial charge in [-0.25, -0.2) is 4.68 Å². The number of hydrogen-bond donors (Lipinski definition) is 1. The minimum absolute atomic E-state index is 0.0607. The van der Waals surface area contributed by atoms with Crippen LogP contribution in [-0.4, -0.2) is 28.5 Å². The summed E-state index contributed by atoms with van der Waals surface area (Å²) < 4.78 is 14.5. The van der Waals surface area contributed by atoms with E-state index in [1.54, 1.807) is 0 Å². The molecule has 1 aromatic heterocycles. The first-order chi connectivity index (χ1) is 14.8. The molecule has 2 fully saturated rings. The molecule has 2 aliphatic rings. The maximum atomic E-state index is 6.51. The number of nitrogens with zero attached hydrogens (tertiary/aromatic N) is 2. The lowest BCUT2D eigenvalue weighted by atomic mass is 9.92. The molecule has 3 atom stereocenters. The second kappa shape index (κ2) is 8.68. The van der Waals surface area contributed by atoms with E-state index in [4.69, 9.17) is 9.47 Å². The highest BCUT2D eigenvalue weighted by atomic mass is 16.5. The fourth-order valence-electron chi connectivity index (χ4n) is 4.85. The molecule has 30 heavy (non-hydrogen) atoms. The van der Waals surface area contributed by atoms with Crippen molar-refractivity contribution in [2.75, 3.05) is 11.9 Å². The fraction of sp³-hybridized carbons (Fsp3) is 0.480. The minimum Gasteiger partial charge on any atom is -0.490 e. The zero-order chi connectivity index (χ0) is 20.3. The molecule has 0 radical (unpaired) electrons. The van der Waals surface area contributed by atoms with E-state index in [0.717, 1.165) is 48.9 Å². The average molecular weight is 406 g/mol. The first-order valence-electron chi connectivity index (χ1n) is 11.3. The van der Waals surface area contributed by atoms with Crippen LogP contribution in [0.2, 0.25) is 0 Å². The summed E-state index contributed by atoms with van der Waals surface area (Å²) in [5, 5.41) is 9.49. The number of rotatable bonds is 5. The number of aryl methyl sites for hydroxylation is 1. The molecule has 0 bridgehead atoms. The van der Waals surface area contributed by atoms with Crippen LogP contribution >= 0.6 is 0 Å². The quantitative estimate of drug-likeness (QED) is 0.579. The van der Waals surface area contributed by atoms with Crippen molar-refractivity contribution < 1.29 is 9.47 Å². The monoisotopic (exact) mass is 405 g/mol. The number of aromatic nitrogens is 2. The largest absolute Gasteiger partial charge is 0.490 e. The molecule has 1 N–H and O–H groups in total. The number of nitrogens with one attached hydrogen (secondary N) is 1.